The van der Waals surface area contributed by atoms with Gasteiger partial charge in [0.1, 0.15) is 6.04 Å². The van der Waals surface area contributed by atoms with Crippen molar-refractivity contribution in [1.29, 1.82) is 0 Å². The molecule has 0 fully saturated rings. The number of rotatable bonds is 18. The molecule has 0 aromatic rings. The normalized spacial score (nSPS) is 12.0. The zero-order chi connectivity index (χ0) is 18.8. The Balaban J connectivity index is -0.00000288. The van der Waals surface area contributed by atoms with E-state index in [1.54, 1.807) is 0 Å². The van der Waals surface area contributed by atoms with Crippen LogP contribution in [0.2, 0.25) is 0 Å². The third-order valence-electron chi connectivity index (χ3n) is 4.77. The van der Waals surface area contributed by atoms with Crippen LogP contribution in [0.25, 0.3) is 0 Å². The monoisotopic (exact) mass is 379 g/mol. The molecule has 1 atom stereocenters. The van der Waals surface area contributed by atoms with E-state index in [2.05, 4.69) is 20.8 Å². The van der Waals surface area contributed by atoms with E-state index in [4.69, 9.17) is 10.5 Å². The maximum absolute atomic E-state index is 11.7. The van der Waals surface area contributed by atoms with Gasteiger partial charge in [0.2, 0.25) is 0 Å². The van der Waals surface area contributed by atoms with Crippen LogP contribution in [-0.4, -0.2) is 18.6 Å². The minimum atomic E-state index is -0.452. The molecule has 0 aliphatic rings. The topological polar surface area (TPSA) is 52.3 Å². The SMILES string of the molecule is CCCCCCCCCCCCCCCCOC(=O)[C@@H](N)CC(C)C.[H-].[Na+]. The molecule has 3 nitrogen and oxygen atoms in total. The fourth-order valence-electron chi connectivity index (χ4n) is 3.18. The molecule has 0 aliphatic carbocycles. The number of carbonyl (C=O) groups is 1. The van der Waals surface area contributed by atoms with Crippen LogP contribution in [0.5, 0.6) is 0 Å². The van der Waals surface area contributed by atoms with Gasteiger partial charge in [0.25, 0.3) is 0 Å². The van der Waals surface area contributed by atoms with Crippen molar-refractivity contribution in [2.75, 3.05) is 6.61 Å². The number of ether oxygens (including phenoxy) is 1. The summed E-state index contributed by atoms with van der Waals surface area (Å²) in [6.45, 7) is 6.94. The Morgan fingerprint density at radius 1 is 0.808 bits per heavy atom. The van der Waals surface area contributed by atoms with Crippen molar-refractivity contribution in [1.82, 2.24) is 0 Å². The molecule has 0 bridgehead atoms. The van der Waals surface area contributed by atoms with Crippen LogP contribution < -0.4 is 35.3 Å². The summed E-state index contributed by atoms with van der Waals surface area (Å²) in [6.07, 6.45) is 19.4. The molecule has 0 saturated heterocycles. The zero-order valence-electron chi connectivity index (χ0n) is 19.4. The van der Waals surface area contributed by atoms with Gasteiger partial charge < -0.3 is 11.9 Å². The average molecular weight is 380 g/mol. The van der Waals surface area contributed by atoms with Gasteiger partial charge in [0.05, 0.1) is 6.61 Å². The van der Waals surface area contributed by atoms with Crippen molar-refractivity contribution in [2.24, 2.45) is 11.7 Å². The fourth-order valence-corrected chi connectivity index (χ4v) is 3.18. The van der Waals surface area contributed by atoms with E-state index in [0.717, 1.165) is 12.8 Å². The van der Waals surface area contributed by atoms with Crippen LogP contribution in [0.4, 0.5) is 0 Å². The number of nitrogens with two attached hydrogens (primary N) is 1. The molecule has 0 unspecified atom stereocenters. The van der Waals surface area contributed by atoms with E-state index in [1.807, 2.05) is 0 Å². The number of hydrogen-bond acceptors (Lipinski definition) is 3. The number of unbranched alkanes of at least 4 members (excludes halogenated alkanes) is 13. The molecular formula is C22H46NNaO2. The molecule has 0 saturated carbocycles. The maximum Gasteiger partial charge on any atom is 1.00 e. The van der Waals surface area contributed by atoms with Gasteiger partial charge in [-0.3, -0.25) is 4.79 Å². The van der Waals surface area contributed by atoms with Crippen LogP contribution in [-0.2, 0) is 9.53 Å². The first kappa shape index (κ1) is 28.6. The molecule has 26 heavy (non-hydrogen) atoms. The fraction of sp³-hybridized carbons (Fsp3) is 0.955. The molecule has 0 radical (unpaired) electrons. The van der Waals surface area contributed by atoms with Crippen LogP contribution in [0.1, 0.15) is 119 Å². The number of carbonyl (C=O) groups excluding carboxylic acids is 1. The Kier molecular flexibility index (Phi) is 23.9. The number of esters is 1. The van der Waals surface area contributed by atoms with Crippen molar-refractivity contribution in [3.8, 4) is 0 Å². The van der Waals surface area contributed by atoms with Crippen molar-refractivity contribution in [3.63, 3.8) is 0 Å². The molecule has 0 spiro atoms. The van der Waals surface area contributed by atoms with E-state index in [9.17, 15) is 4.79 Å². The minimum Gasteiger partial charge on any atom is -1.00 e. The summed E-state index contributed by atoms with van der Waals surface area (Å²) < 4.78 is 5.25. The molecule has 152 valence electrons. The van der Waals surface area contributed by atoms with Crippen LogP contribution in [0.3, 0.4) is 0 Å². The summed E-state index contributed by atoms with van der Waals surface area (Å²) in [4.78, 5) is 11.7. The van der Waals surface area contributed by atoms with Crippen molar-refractivity contribution >= 4 is 5.97 Å². The Labute approximate surface area is 187 Å². The first-order valence-electron chi connectivity index (χ1n) is 11.0. The minimum absolute atomic E-state index is 0. The predicted molar refractivity (Wildman–Crippen MR) is 110 cm³/mol. The molecule has 0 amide bonds. The first-order chi connectivity index (χ1) is 12.1. The smallest absolute Gasteiger partial charge is 1.00 e. The molecule has 2 N–H and O–H groups in total. The second-order valence-corrected chi connectivity index (χ2v) is 8.00. The van der Waals surface area contributed by atoms with Crippen LogP contribution in [0.15, 0.2) is 0 Å². The van der Waals surface area contributed by atoms with E-state index in [1.165, 1.54) is 77.0 Å². The summed E-state index contributed by atoms with van der Waals surface area (Å²) in [5.74, 6) is 0.201. The molecule has 0 heterocycles. The average Bonchev–Trinajstić information content (AvgIpc) is 2.57. The molecule has 0 aromatic carbocycles. The quantitative estimate of drug-likeness (QED) is 0.225. The van der Waals surface area contributed by atoms with Gasteiger partial charge in [-0.2, -0.15) is 0 Å². The summed E-state index contributed by atoms with van der Waals surface area (Å²) >= 11 is 0. The number of hydrogen-bond donors (Lipinski definition) is 1. The molecule has 0 aromatic heterocycles. The van der Waals surface area contributed by atoms with Crippen molar-refractivity contribution in [3.05, 3.63) is 0 Å². The molecule has 0 rings (SSSR count). The summed E-state index contributed by atoms with van der Waals surface area (Å²) in [5, 5.41) is 0. The van der Waals surface area contributed by atoms with Crippen molar-refractivity contribution < 1.29 is 40.5 Å². The predicted octanol–water partition coefficient (Wildman–Crippen LogP) is 3.50. The van der Waals surface area contributed by atoms with E-state index < -0.39 is 6.04 Å². The van der Waals surface area contributed by atoms with Crippen LogP contribution >= 0.6 is 0 Å². The zero-order valence-corrected chi connectivity index (χ0v) is 20.4. The van der Waals surface area contributed by atoms with Gasteiger partial charge in [0, 0.05) is 0 Å². The van der Waals surface area contributed by atoms with Crippen LogP contribution in [0, 0.1) is 5.92 Å². The van der Waals surface area contributed by atoms with Gasteiger partial charge >= 0.3 is 35.5 Å². The second kappa shape index (κ2) is 21.7. The molecular weight excluding hydrogens is 333 g/mol. The van der Waals surface area contributed by atoms with Gasteiger partial charge in [0.15, 0.2) is 0 Å². The second-order valence-electron chi connectivity index (χ2n) is 8.00. The van der Waals surface area contributed by atoms with Gasteiger partial charge in [-0.15, -0.1) is 0 Å². The third-order valence-corrected chi connectivity index (χ3v) is 4.77. The Bertz CT molecular complexity index is 304. The Morgan fingerprint density at radius 2 is 1.19 bits per heavy atom. The van der Waals surface area contributed by atoms with Crippen molar-refractivity contribution in [2.45, 2.75) is 123 Å². The van der Waals surface area contributed by atoms with Gasteiger partial charge in [-0.05, 0) is 18.8 Å². The van der Waals surface area contributed by atoms with E-state index in [0.29, 0.717) is 18.9 Å². The summed E-state index contributed by atoms with van der Waals surface area (Å²) in [7, 11) is 0. The third kappa shape index (κ3) is 20.7. The Hall–Kier alpha value is 0.430. The van der Waals surface area contributed by atoms with Gasteiger partial charge in [-0.1, -0.05) is 104 Å². The largest absolute Gasteiger partial charge is 1.00 e. The van der Waals surface area contributed by atoms with E-state index >= 15 is 0 Å². The Morgan fingerprint density at radius 3 is 1.58 bits per heavy atom. The first-order valence-corrected chi connectivity index (χ1v) is 11.0. The standard InChI is InChI=1S/C22H45NO2.Na.H/c1-4-5-6-7-8-9-10-11-12-13-14-15-16-17-18-25-22(24)21(23)19-20(2)3;;/h20-21H,4-19,23H2,1-3H3;;/q;+1;-1/t21-;;/m0../s1. The summed E-state index contributed by atoms with van der Waals surface area (Å²) in [5.41, 5.74) is 5.80. The maximum atomic E-state index is 11.7. The molecule has 4 heteroatoms. The van der Waals surface area contributed by atoms with Gasteiger partial charge in [-0.25, -0.2) is 0 Å². The van der Waals surface area contributed by atoms with E-state index in [-0.39, 0.29) is 37.0 Å². The summed E-state index contributed by atoms with van der Waals surface area (Å²) in [6, 6.07) is -0.452. The molecule has 0 aliphatic heterocycles.